The van der Waals surface area contributed by atoms with Crippen LogP contribution in [0.5, 0.6) is 0 Å². The maximum atomic E-state index is 12.7. The van der Waals surface area contributed by atoms with Crippen molar-refractivity contribution < 1.29 is 9.32 Å². The molecule has 2 aliphatic rings. The van der Waals surface area contributed by atoms with E-state index in [-0.39, 0.29) is 0 Å². The van der Waals surface area contributed by atoms with E-state index in [1.165, 1.54) is 19.4 Å². The summed E-state index contributed by atoms with van der Waals surface area (Å²) in [6, 6.07) is 0.982. The van der Waals surface area contributed by atoms with Gasteiger partial charge in [-0.15, -0.1) is 0 Å². The zero-order valence-corrected chi connectivity index (χ0v) is 14.0. The van der Waals surface area contributed by atoms with E-state index in [1.54, 1.807) is 0 Å². The van der Waals surface area contributed by atoms with Crippen molar-refractivity contribution in [2.75, 3.05) is 20.1 Å². The number of amides is 1. The summed E-state index contributed by atoms with van der Waals surface area (Å²) < 4.78 is 5.19. The fourth-order valence-electron chi connectivity index (χ4n) is 4.16. The Bertz CT molecular complexity index is 521. The zero-order valence-electron chi connectivity index (χ0n) is 14.0. The monoisotopic (exact) mass is 305 g/mol. The van der Waals surface area contributed by atoms with Gasteiger partial charge in [-0.25, -0.2) is 0 Å². The smallest absolute Gasteiger partial charge is 0.223 e. The highest BCUT2D eigenvalue weighted by molar-refractivity contribution is 5.77. The van der Waals surface area contributed by atoms with Crippen LogP contribution in [0.3, 0.4) is 0 Å². The summed E-state index contributed by atoms with van der Waals surface area (Å²) in [5.41, 5.74) is 2.01. The van der Waals surface area contributed by atoms with Crippen molar-refractivity contribution in [3.63, 3.8) is 0 Å². The van der Waals surface area contributed by atoms with Crippen LogP contribution in [0.25, 0.3) is 0 Å². The largest absolute Gasteiger partial charge is 0.361 e. The highest BCUT2D eigenvalue weighted by Crippen LogP contribution is 2.29. The molecular formula is C17H27N3O2. The van der Waals surface area contributed by atoms with Crippen molar-refractivity contribution in [2.45, 2.75) is 64.5 Å². The fraction of sp³-hybridized carbons (Fsp3) is 0.765. The molecule has 1 aromatic rings. The second kappa shape index (κ2) is 6.41. The lowest BCUT2D eigenvalue weighted by molar-refractivity contribution is -0.132. The molecule has 2 aliphatic heterocycles. The highest BCUT2D eigenvalue weighted by atomic mass is 16.5. The SMILES string of the molecule is Cc1noc(C)c1CCC(=O)N1CCC[C@H]1[C@H]1CCCN1C. The Hall–Kier alpha value is -1.36. The third-order valence-corrected chi connectivity index (χ3v) is 5.41. The van der Waals surface area contributed by atoms with Crippen LogP contribution in [-0.4, -0.2) is 53.1 Å². The predicted molar refractivity (Wildman–Crippen MR) is 84.7 cm³/mol. The van der Waals surface area contributed by atoms with Crippen LogP contribution in [0.1, 0.15) is 49.1 Å². The van der Waals surface area contributed by atoms with Crippen LogP contribution in [-0.2, 0) is 11.2 Å². The van der Waals surface area contributed by atoms with Gasteiger partial charge in [-0.3, -0.25) is 4.79 Å². The number of hydrogen-bond acceptors (Lipinski definition) is 4. The quantitative estimate of drug-likeness (QED) is 0.856. The average Bonchev–Trinajstić information content (AvgIpc) is 3.18. The maximum absolute atomic E-state index is 12.7. The van der Waals surface area contributed by atoms with E-state index in [2.05, 4.69) is 22.0 Å². The first-order valence-corrected chi connectivity index (χ1v) is 8.49. The van der Waals surface area contributed by atoms with E-state index in [4.69, 9.17) is 4.52 Å². The normalized spacial score (nSPS) is 26.0. The summed E-state index contributed by atoms with van der Waals surface area (Å²) in [5.74, 6) is 1.14. The van der Waals surface area contributed by atoms with Gasteiger partial charge in [-0.1, -0.05) is 5.16 Å². The predicted octanol–water partition coefficient (Wildman–Crippen LogP) is 2.31. The molecule has 0 saturated carbocycles. The molecule has 0 unspecified atom stereocenters. The van der Waals surface area contributed by atoms with Gasteiger partial charge in [0.2, 0.25) is 5.91 Å². The minimum absolute atomic E-state index is 0.294. The minimum Gasteiger partial charge on any atom is -0.361 e. The zero-order chi connectivity index (χ0) is 15.7. The summed E-state index contributed by atoms with van der Waals surface area (Å²) >= 11 is 0. The molecule has 3 heterocycles. The minimum atomic E-state index is 0.294. The number of carbonyl (C=O) groups is 1. The van der Waals surface area contributed by atoms with Crippen molar-refractivity contribution in [3.05, 3.63) is 17.0 Å². The first kappa shape index (κ1) is 15.5. The molecule has 5 nitrogen and oxygen atoms in total. The maximum Gasteiger partial charge on any atom is 0.223 e. The second-order valence-corrected chi connectivity index (χ2v) is 6.79. The number of aromatic nitrogens is 1. The molecule has 2 fully saturated rings. The Morgan fingerprint density at radius 3 is 2.59 bits per heavy atom. The molecule has 0 bridgehead atoms. The molecule has 0 spiro atoms. The van der Waals surface area contributed by atoms with E-state index < -0.39 is 0 Å². The molecule has 0 N–H and O–H groups in total. The summed E-state index contributed by atoms with van der Waals surface area (Å²) in [6.45, 7) is 5.96. The molecule has 0 aliphatic carbocycles. The van der Waals surface area contributed by atoms with E-state index >= 15 is 0 Å². The highest BCUT2D eigenvalue weighted by Gasteiger charge is 2.38. The lowest BCUT2D eigenvalue weighted by Crippen LogP contribution is -2.47. The fourth-order valence-corrected chi connectivity index (χ4v) is 4.16. The van der Waals surface area contributed by atoms with Crippen molar-refractivity contribution >= 4 is 5.91 Å². The first-order valence-electron chi connectivity index (χ1n) is 8.49. The van der Waals surface area contributed by atoms with Gasteiger partial charge in [0.05, 0.1) is 5.69 Å². The third kappa shape index (κ3) is 2.91. The van der Waals surface area contributed by atoms with E-state index in [0.29, 0.717) is 24.4 Å². The van der Waals surface area contributed by atoms with Crippen LogP contribution in [0.15, 0.2) is 4.52 Å². The van der Waals surface area contributed by atoms with Gasteiger partial charge in [0.1, 0.15) is 5.76 Å². The third-order valence-electron chi connectivity index (χ3n) is 5.41. The van der Waals surface area contributed by atoms with Gasteiger partial charge in [0.25, 0.3) is 0 Å². The Kier molecular flexibility index (Phi) is 4.52. The van der Waals surface area contributed by atoms with Crippen molar-refractivity contribution in [1.82, 2.24) is 15.0 Å². The van der Waals surface area contributed by atoms with Gasteiger partial charge < -0.3 is 14.3 Å². The number of likely N-dealkylation sites (tertiary alicyclic amines) is 2. The molecule has 1 amide bonds. The first-order chi connectivity index (χ1) is 10.6. The Morgan fingerprint density at radius 1 is 1.23 bits per heavy atom. The molecule has 1 aromatic heterocycles. The number of hydrogen-bond donors (Lipinski definition) is 0. The average molecular weight is 305 g/mol. The Morgan fingerprint density at radius 2 is 1.95 bits per heavy atom. The number of likely N-dealkylation sites (N-methyl/N-ethyl adjacent to an activating group) is 1. The number of rotatable bonds is 4. The van der Waals surface area contributed by atoms with Gasteiger partial charge in [0.15, 0.2) is 0 Å². The van der Waals surface area contributed by atoms with Crippen LogP contribution in [0, 0.1) is 13.8 Å². The standard InChI is InChI=1S/C17H27N3O2/c1-12-14(13(2)22-18-12)8-9-17(21)20-11-5-7-16(20)15-6-4-10-19(15)3/h15-16H,4-11H2,1-3H3/t15-,16+/m1/s1. The van der Waals surface area contributed by atoms with Crippen LogP contribution < -0.4 is 0 Å². The van der Waals surface area contributed by atoms with Gasteiger partial charge in [-0.2, -0.15) is 0 Å². The molecule has 0 aromatic carbocycles. The molecule has 2 saturated heterocycles. The summed E-state index contributed by atoms with van der Waals surface area (Å²) in [5, 5.41) is 3.97. The van der Waals surface area contributed by atoms with Crippen molar-refractivity contribution in [3.8, 4) is 0 Å². The molecular weight excluding hydrogens is 278 g/mol. The molecule has 22 heavy (non-hydrogen) atoms. The summed E-state index contributed by atoms with van der Waals surface area (Å²) in [4.78, 5) is 17.3. The van der Waals surface area contributed by atoms with Crippen LogP contribution in [0.4, 0.5) is 0 Å². The molecule has 3 rings (SSSR count). The van der Waals surface area contributed by atoms with Crippen molar-refractivity contribution in [1.29, 1.82) is 0 Å². The Labute approximate surface area is 132 Å². The van der Waals surface area contributed by atoms with Crippen LogP contribution in [0.2, 0.25) is 0 Å². The molecule has 122 valence electrons. The van der Waals surface area contributed by atoms with E-state index in [9.17, 15) is 4.79 Å². The van der Waals surface area contributed by atoms with E-state index in [1.807, 2.05) is 13.8 Å². The lowest BCUT2D eigenvalue weighted by Gasteiger charge is -2.33. The summed E-state index contributed by atoms with van der Waals surface area (Å²) in [7, 11) is 2.20. The Balaban J connectivity index is 1.61. The topological polar surface area (TPSA) is 49.6 Å². The van der Waals surface area contributed by atoms with Gasteiger partial charge in [-0.05, 0) is 59.5 Å². The number of nitrogens with zero attached hydrogens (tertiary/aromatic N) is 3. The molecule has 2 atom stereocenters. The molecule has 0 radical (unpaired) electrons. The number of aryl methyl sites for hydroxylation is 2. The van der Waals surface area contributed by atoms with Crippen molar-refractivity contribution in [2.24, 2.45) is 0 Å². The summed E-state index contributed by atoms with van der Waals surface area (Å²) in [6.07, 6.45) is 6.10. The molecule has 5 heteroatoms. The van der Waals surface area contributed by atoms with Gasteiger partial charge in [0, 0.05) is 30.6 Å². The van der Waals surface area contributed by atoms with Crippen LogP contribution >= 0.6 is 0 Å². The lowest BCUT2D eigenvalue weighted by atomic mass is 10.0. The second-order valence-electron chi connectivity index (χ2n) is 6.79. The number of carbonyl (C=O) groups excluding carboxylic acids is 1. The van der Waals surface area contributed by atoms with E-state index in [0.717, 1.165) is 42.8 Å². The van der Waals surface area contributed by atoms with Gasteiger partial charge >= 0.3 is 0 Å².